The van der Waals surface area contributed by atoms with Gasteiger partial charge >= 0.3 is 5.97 Å². The third kappa shape index (κ3) is 3.98. The van der Waals surface area contributed by atoms with E-state index in [1.54, 1.807) is 0 Å². The Kier molecular flexibility index (Phi) is 4.27. The fourth-order valence-corrected chi connectivity index (χ4v) is 1.12. The van der Waals surface area contributed by atoms with Crippen LogP contribution in [0.1, 0.15) is 33.8 Å². The van der Waals surface area contributed by atoms with E-state index in [0.29, 0.717) is 6.42 Å². The number of carboxylic acid groups (broad SMARTS) is 1. The molecular formula is C10H12N2O5. The lowest BCUT2D eigenvalue weighted by Gasteiger charge is -2.00. The molecule has 0 saturated heterocycles. The van der Waals surface area contributed by atoms with Gasteiger partial charge in [-0.2, -0.15) is 0 Å². The van der Waals surface area contributed by atoms with Gasteiger partial charge in [0.2, 0.25) is 5.91 Å². The van der Waals surface area contributed by atoms with Gasteiger partial charge in [-0.1, -0.05) is 0 Å². The summed E-state index contributed by atoms with van der Waals surface area (Å²) in [6, 6.07) is 1.13. The standard InChI is InChI=1S/C10H12N2O5/c11-8(13)2-1-3-12-9(14)7-4-6(5-17-7)10(15)16/h4-5H,1-3H2,(H2,11,13)(H,12,14)(H,15,16). The van der Waals surface area contributed by atoms with Crippen molar-refractivity contribution in [3.05, 3.63) is 23.7 Å². The van der Waals surface area contributed by atoms with Crippen molar-refractivity contribution in [3.8, 4) is 0 Å². The first-order valence-electron chi connectivity index (χ1n) is 4.89. The van der Waals surface area contributed by atoms with E-state index in [1.807, 2.05) is 0 Å². The maximum Gasteiger partial charge on any atom is 0.338 e. The number of furan rings is 1. The van der Waals surface area contributed by atoms with Gasteiger partial charge in [0.1, 0.15) is 6.26 Å². The van der Waals surface area contributed by atoms with E-state index in [1.165, 1.54) is 0 Å². The minimum absolute atomic E-state index is 0.0820. The summed E-state index contributed by atoms with van der Waals surface area (Å²) in [7, 11) is 0. The molecule has 7 heteroatoms. The Morgan fingerprint density at radius 1 is 1.41 bits per heavy atom. The van der Waals surface area contributed by atoms with Crippen LogP contribution < -0.4 is 11.1 Å². The first-order valence-corrected chi connectivity index (χ1v) is 4.89. The maximum absolute atomic E-state index is 11.4. The summed E-state index contributed by atoms with van der Waals surface area (Å²) in [6.45, 7) is 0.269. The van der Waals surface area contributed by atoms with E-state index in [0.717, 1.165) is 12.3 Å². The molecule has 1 aromatic heterocycles. The Morgan fingerprint density at radius 3 is 2.65 bits per heavy atom. The summed E-state index contributed by atoms with van der Waals surface area (Å²) >= 11 is 0. The van der Waals surface area contributed by atoms with Crippen LogP contribution in [-0.2, 0) is 4.79 Å². The molecule has 0 fully saturated rings. The van der Waals surface area contributed by atoms with Crippen molar-refractivity contribution >= 4 is 17.8 Å². The second-order valence-corrected chi connectivity index (χ2v) is 3.33. The van der Waals surface area contributed by atoms with E-state index in [9.17, 15) is 14.4 Å². The van der Waals surface area contributed by atoms with E-state index >= 15 is 0 Å². The number of hydrogen-bond donors (Lipinski definition) is 3. The summed E-state index contributed by atoms with van der Waals surface area (Å²) in [5, 5.41) is 11.1. The number of carbonyl (C=O) groups excluding carboxylic acids is 2. The van der Waals surface area contributed by atoms with Crippen LogP contribution in [0.2, 0.25) is 0 Å². The number of primary amides is 1. The average Bonchev–Trinajstić information content (AvgIpc) is 2.73. The highest BCUT2D eigenvalue weighted by molar-refractivity contribution is 5.95. The van der Waals surface area contributed by atoms with Gasteiger partial charge in [-0.25, -0.2) is 4.79 Å². The lowest BCUT2D eigenvalue weighted by atomic mass is 10.3. The minimum atomic E-state index is -1.17. The number of amides is 2. The molecular weight excluding hydrogens is 228 g/mol. The van der Waals surface area contributed by atoms with E-state index in [2.05, 4.69) is 5.32 Å². The number of rotatable bonds is 6. The molecule has 4 N–H and O–H groups in total. The van der Waals surface area contributed by atoms with Crippen LogP contribution in [0.25, 0.3) is 0 Å². The molecule has 1 rings (SSSR count). The summed E-state index contributed by atoms with van der Waals surface area (Å²) < 4.78 is 4.78. The van der Waals surface area contributed by atoms with Crippen LogP contribution in [0.5, 0.6) is 0 Å². The number of carbonyl (C=O) groups is 3. The second-order valence-electron chi connectivity index (χ2n) is 3.33. The normalized spacial score (nSPS) is 9.88. The molecule has 0 aliphatic rings. The number of nitrogens with one attached hydrogen (secondary N) is 1. The van der Waals surface area contributed by atoms with Gasteiger partial charge in [0, 0.05) is 19.0 Å². The smallest absolute Gasteiger partial charge is 0.338 e. The molecule has 0 aromatic carbocycles. The molecule has 0 radical (unpaired) electrons. The highest BCUT2D eigenvalue weighted by Gasteiger charge is 2.13. The first kappa shape index (κ1) is 12.8. The predicted molar refractivity (Wildman–Crippen MR) is 56.4 cm³/mol. The zero-order valence-electron chi connectivity index (χ0n) is 8.93. The van der Waals surface area contributed by atoms with Crippen LogP contribution in [0.4, 0.5) is 0 Å². The zero-order valence-corrected chi connectivity index (χ0v) is 8.93. The lowest BCUT2D eigenvalue weighted by Crippen LogP contribution is -2.25. The molecule has 0 bridgehead atoms. The summed E-state index contributed by atoms with van der Waals surface area (Å²) in [5.41, 5.74) is 4.83. The largest absolute Gasteiger partial charge is 0.478 e. The second kappa shape index (κ2) is 5.69. The van der Waals surface area contributed by atoms with Gasteiger partial charge < -0.3 is 20.6 Å². The van der Waals surface area contributed by atoms with Crippen LogP contribution in [0.3, 0.4) is 0 Å². The molecule has 0 spiro atoms. The van der Waals surface area contributed by atoms with Gasteiger partial charge in [0.05, 0.1) is 5.56 Å². The highest BCUT2D eigenvalue weighted by Crippen LogP contribution is 2.07. The van der Waals surface area contributed by atoms with E-state index in [4.69, 9.17) is 15.3 Å². The Balaban J connectivity index is 2.41. The monoisotopic (exact) mass is 240 g/mol. The van der Waals surface area contributed by atoms with Crippen LogP contribution >= 0.6 is 0 Å². The van der Waals surface area contributed by atoms with Gasteiger partial charge in [-0.15, -0.1) is 0 Å². The van der Waals surface area contributed by atoms with Crippen molar-refractivity contribution in [2.45, 2.75) is 12.8 Å². The number of nitrogens with two attached hydrogens (primary N) is 1. The Hall–Kier alpha value is -2.31. The van der Waals surface area contributed by atoms with Crippen molar-refractivity contribution in [3.63, 3.8) is 0 Å². The quantitative estimate of drug-likeness (QED) is 0.602. The maximum atomic E-state index is 11.4. The lowest BCUT2D eigenvalue weighted by molar-refractivity contribution is -0.118. The topological polar surface area (TPSA) is 123 Å². The number of hydrogen-bond acceptors (Lipinski definition) is 4. The number of aromatic carboxylic acids is 1. The fraction of sp³-hybridized carbons (Fsp3) is 0.300. The van der Waals surface area contributed by atoms with Crippen molar-refractivity contribution in [2.75, 3.05) is 6.54 Å². The average molecular weight is 240 g/mol. The van der Waals surface area contributed by atoms with Gasteiger partial charge in [0.15, 0.2) is 5.76 Å². The molecule has 0 saturated carbocycles. The van der Waals surface area contributed by atoms with Crippen LogP contribution in [0, 0.1) is 0 Å². The van der Waals surface area contributed by atoms with Crippen molar-refractivity contribution < 1.29 is 23.9 Å². The summed E-state index contributed by atoms with van der Waals surface area (Å²) in [5.74, 6) is -2.21. The molecule has 7 nitrogen and oxygen atoms in total. The first-order chi connectivity index (χ1) is 8.00. The van der Waals surface area contributed by atoms with Gasteiger partial charge in [-0.3, -0.25) is 9.59 Å². The van der Waals surface area contributed by atoms with E-state index in [-0.39, 0.29) is 24.3 Å². The molecule has 1 heterocycles. The summed E-state index contributed by atoms with van der Waals surface area (Å²) in [6.07, 6.45) is 1.59. The SMILES string of the molecule is NC(=O)CCCNC(=O)c1cc(C(=O)O)co1. The Bertz CT molecular complexity index is 438. The molecule has 92 valence electrons. The zero-order chi connectivity index (χ0) is 12.8. The molecule has 1 aromatic rings. The van der Waals surface area contributed by atoms with Gasteiger partial charge in [0.25, 0.3) is 5.91 Å². The van der Waals surface area contributed by atoms with E-state index < -0.39 is 17.8 Å². The molecule has 0 aliphatic carbocycles. The molecule has 0 atom stereocenters. The van der Waals surface area contributed by atoms with Crippen molar-refractivity contribution in [1.82, 2.24) is 5.32 Å². The molecule has 2 amide bonds. The van der Waals surface area contributed by atoms with Crippen LogP contribution in [0.15, 0.2) is 16.7 Å². The third-order valence-corrected chi connectivity index (χ3v) is 1.96. The highest BCUT2D eigenvalue weighted by atomic mass is 16.4. The Labute approximate surface area is 96.6 Å². The van der Waals surface area contributed by atoms with Crippen LogP contribution in [-0.4, -0.2) is 29.4 Å². The third-order valence-electron chi connectivity index (χ3n) is 1.96. The minimum Gasteiger partial charge on any atom is -0.478 e. The molecule has 0 unspecified atom stereocenters. The summed E-state index contributed by atoms with van der Waals surface area (Å²) in [4.78, 5) is 32.4. The van der Waals surface area contributed by atoms with Crippen molar-refractivity contribution in [1.29, 1.82) is 0 Å². The molecule has 0 aliphatic heterocycles. The Morgan fingerprint density at radius 2 is 2.12 bits per heavy atom. The van der Waals surface area contributed by atoms with Gasteiger partial charge in [-0.05, 0) is 6.42 Å². The predicted octanol–water partition coefficient (Wildman–Crippen LogP) is -0.0269. The fourth-order valence-electron chi connectivity index (χ4n) is 1.12. The van der Waals surface area contributed by atoms with Crippen molar-refractivity contribution in [2.24, 2.45) is 5.73 Å². The molecule has 17 heavy (non-hydrogen) atoms. The number of carboxylic acids is 1.